The summed E-state index contributed by atoms with van der Waals surface area (Å²) >= 11 is 4.96. The fraction of sp³-hybridized carbons (Fsp3) is 0.167. The number of fused-ring (bicyclic) bond motifs is 1. The summed E-state index contributed by atoms with van der Waals surface area (Å²) in [6, 6.07) is 22.9. The molecule has 7 nitrogen and oxygen atoms in total. The highest BCUT2D eigenvalue weighted by atomic mass is 32.2. The van der Waals surface area contributed by atoms with Crippen molar-refractivity contribution in [3.05, 3.63) is 95.6 Å². The normalized spacial score (nSPS) is 16.6. The molecule has 1 aliphatic rings. The van der Waals surface area contributed by atoms with Crippen LogP contribution in [0, 0.1) is 0 Å². The van der Waals surface area contributed by atoms with E-state index in [1.54, 1.807) is 31.4 Å². The maximum absolute atomic E-state index is 13.8. The van der Waals surface area contributed by atoms with Crippen molar-refractivity contribution in [2.24, 2.45) is 10.8 Å². The van der Waals surface area contributed by atoms with Gasteiger partial charge in [-0.1, -0.05) is 54.6 Å². The van der Waals surface area contributed by atoms with E-state index in [4.69, 9.17) is 22.7 Å². The number of nitrogens with zero attached hydrogens (tertiary/aromatic N) is 2. The van der Waals surface area contributed by atoms with E-state index < -0.39 is 16.1 Å². The van der Waals surface area contributed by atoms with Gasteiger partial charge in [0, 0.05) is 6.54 Å². The van der Waals surface area contributed by atoms with Gasteiger partial charge in [-0.05, 0) is 59.6 Å². The highest BCUT2D eigenvalue weighted by Crippen LogP contribution is 2.37. The molecule has 4 rings (SSSR count). The van der Waals surface area contributed by atoms with Crippen LogP contribution in [0.1, 0.15) is 22.7 Å². The molecule has 0 aromatic heterocycles. The Kier molecular flexibility index (Phi) is 6.73. The Bertz CT molecular complexity index is 1280. The first kappa shape index (κ1) is 22.9. The Hall–Kier alpha value is -3.27. The highest BCUT2D eigenvalue weighted by Gasteiger charge is 2.39. The molecule has 0 amide bonds. The molecule has 0 fully saturated rings. The third-order valence-electron chi connectivity index (χ3n) is 5.52. The van der Waals surface area contributed by atoms with Gasteiger partial charge in [-0.3, -0.25) is 5.43 Å². The number of sulfonamides is 1. The Morgan fingerprint density at radius 3 is 2.39 bits per heavy atom. The number of nitrogens with one attached hydrogen (secondary N) is 1. The van der Waals surface area contributed by atoms with Crippen molar-refractivity contribution in [1.29, 1.82) is 0 Å². The Labute approximate surface area is 198 Å². The van der Waals surface area contributed by atoms with E-state index in [-0.39, 0.29) is 10.0 Å². The van der Waals surface area contributed by atoms with Gasteiger partial charge in [0.1, 0.15) is 5.75 Å². The fourth-order valence-electron chi connectivity index (χ4n) is 3.98. The van der Waals surface area contributed by atoms with Crippen LogP contribution >= 0.6 is 12.2 Å². The molecule has 0 aliphatic carbocycles. The Balaban J connectivity index is 1.89. The standard InChI is InChI=1S/C24H24N4O3S2/c1-31-19-11-13-20(14-12-19)33(29,30)28-16-15-17-7-5-6-10-21(17)23(28)22(26-27-24(25)32)18-8-3-2-4-9-18/h2-14,23H,15-16H2,1H3,(H3,25,27,32)/b26-22+. The number of thiocarbonyl (C=S) groups is 1. The van der Waals surface area contributed by atoms with Gasteiger partial charge >= 0.3 is 0 Å². The maximum Gasteiger partial charge on any atom is 0.244 e. The van der Waals surface area contributed by atoms with Crippen molar-refractivity contribution in [2.45, 2.75) is 17.4 Å². The van der Waals surface area contributed by atoms with Crippen molar-refractivity contribution in [1.82, 2.24) is 9.73 Å². The zero-order chi connectivity index (χ0) is 23.4. The molecule has 3 N–H and O–H groups in total. The minimum atomic E-state index is -3.87. The second-order valence-electron chi connectivity index (χ2n) is 7.48. The summed E-state index contributed by atoms with van der Waals surface area (Å²) in [7, 11) is -2.33. The lowest BCUT2D eigenvalue weighted by molar-refractivity contribution is 0.365. The monoisotopic (exact) mass is 480 g/mol. The van der Waals surface area contributed by atoms with E-state index in [0.29, 0.717) is 24.4 Å². The first-order chi connectivity index (χ1) is 15.9. The van der Waals surface area contributed by atoms with Gasteiger partial charge in [0.15, 0.2) is 5.11 Å². The van der Waals surface area contributed by atoms with Crippen molar-refractivity contribution in [3.8, 4) is 5.75 Å². The quantitative estimate of drug-likeness (QED) is 0.319. The van der Waals surface area contributed by atoms with Gasteiger partial charge in [-0.2, -0.15) is 9.41 Å². The minimum absolute atomic E-state index is 0.00270. The van der Waals surface area contributed by atoms with E-state index in [2.05, 4.69) is 10.5 Å². The summed E-state index contributed by atoms with van der Waals surface area (Å²) < 4.78 is 34.4. The summed E-state index contributed by atoms with van der Waals surface area (Å²) in [4.78, 5) is 0.183. The van der Waals surface area contributed by atoms with Crippen LogP contribution in [0.5, 0.6) is 5.75 Å². The number of rotatable bonds is 6. The Morgan fingerprint density at radius 2 is 1.73 bits per heavy atom. The van der Waals surface area contributed by atoms with Crippen LogP contribution in [-0.2, 0) is 16.4 Å². The summed E-state index contributed by atoms with van der Waals surface area (Å²) in [5, 5.41) is 4.47. The molecule has 0 bridgehead atoms. The third-order valence-corrected chi connectivity index (χ3v) is 7.49. The fourth-order valence-corrected chi connectivity index (χ4v) is 5.60. The highest BCUT2D eigenvalue weighted by molar-refractivity contribution is 7.89. The summed E-state index contributed by atoms with van der Waals surface area (Å²) in [6.07, 6.45) is 0.590. The molecule has 1 aliphatic heterocycles. The summed E-state index contributed by atoms with van der Waals surface area (Å²) in [5.41, 5.74) is 11.5. The average Bonchev–Trinajstić information content (AvgIpc) is 2.84. The van der Waals surface area contributed by atoms with Crippen LogP contribution in [0.4, 0.5) is 0 Å². The molecular formula is C24H24N4O3S2. The van der Waals surface area contributed by atoms with Crippen molar-refractivity contribution < 1.29 is 13.2 Å². The molecule has 0 spiro atoms. The largest absolute Gasteiger partial charge is 0.497 e. The van der Waals surface area contributed by atoms with Crippen LogP contribution in [0.15, 0.2) is 88.9 Å². The SMILES string of the molecule is COc1ccc(S(=O)(=O)N2CCc3ccccc3C2/C(=N/NC(N)=S)c2ccccc2)cc1. The molecular weight excluding hydrogens is 456 g/mol. The van der Waals surface area contributed by atoms with E-state index >= 15 is 0 Å². The number of hydrogen-bond acceptors (Lipinski definition) is 5. The molecule has 1 unspecified atom stereocenters. The molecule has 0 saturated heterocycles. The third kappa shape index (κ3) is 4.75. The smallest absolute Gasteiger partial charge is 0.244 e. The van der Waals surface area contributed by atoms with E-state index in [0.717, 1.165) is 16.7 Å². The van der Waals surface area contributed by atoms with Crippen molar-refractivity contribution in [2.75, 3.05) is 13.7 Å². The molecule has 1 atom stereocenters. The topological polar surface area (TPSA) is 97.0 Å². The predicted molar refractivity (Wildman–Crippen MR) is 133 cm³/mol. The molecule has 3 aromatic carbocycles. The van der Waals surface area contributed by atoms with Crippen LogP contribution in [0.3, 0.4) is 0 Å². The van der Waals surface area contributed by atoms with E-state index in [9.17, 15) is 8.42 Å². The number of methoxy groups -OCH3 is 1. The van der Waals surface area contributed by atoms with Crippen LogP contribution < -0.4 is 15.9 Å². The first-order valence-corrected chi connectivity index (χ1v) is 12.2. The predicted octanol–water partition coefficient (Wildman–Crippen LogP) is 3.22. The Morgan fingerprint density at radius 1 is 1.06 bits per heavy atom. The molecule has 3 aromatic rings. The molecule has 33 heavy (non-hydrogen) atoms. The van der Waals surface area contributed by atoms with Gasteiger partial charge in [0.2, 0.25) is 10.0 Å². The molecule has 9 heteroatoms. The minimum Gasteiger partial charge on any atom is -0.497 e. The molecule has 170 valence electrons. The maximum atomic E-state index is 13.8. The number of hydrogen-bond donors (Lipinski definition) is 2. The van der Waals surface area contributed by atoms with Gasteiger partial charge in [0.05, 0.1) is 23.8 Å². The zero-order valence-corrected chi connectivity index (χ0v) is 19.6. The number of benzene rings is 3. The lowest BCUT2D eigenvalue weighted by Crippen LogP contribution is -2.44. The first-order valence-electron chi connectivity index (χ1n) is 10.3. The summed E-state index contributed by atoms with van der Waals surface area (Å²) in [6.45, 7) is 0.301. The molecule has 0 radical (unpaired) electrons. The zero-order valence-electron chi connectivity index (χ0n) is 18.0. The number of nitrogens with two attached hydrogens (primary N) is 1. The molecule has 0 saturated carbocycles. The van der Waals surface area contributed by atoms with Crippen molar-refractivity contribution >= 4 is 33.1 Å². The second kappa shape index (κ2) is 9.70. The van der Waals surface area contributed by atoms with Gasteiger partial charge in [-0.15, -0.1) is 0 Å². The second-order valence-corrected chi connectivity index (χ2v) is 9.81. The van der Waals surface area contributed by atoms with Crippen LogP contribution in [0.25, 0.3) is 0 Å². The van der Waals surface area contributed by atoms with Gasteiger partial charge in [0.25, 0.3) is 0 Å². The van der Waals surface area contributed by atoms with E-state index in [1.165, 1.54) is 4.31 Å². The lowest BCUT2D eigenvalue weighted by Gasteiger charge is -2.37. The average molecular weight is 481 g/mol. The number of ether oxygens (including phenoxy) is 1. The van der Waals surface area contributed by atoms with E-state index in [1.807, 2.05) is 54.6 Å². The van der Waals surface area contributed by atoms with Crippen LogP contribution in [0.2, 0.25) is 0 Å². The summed E-state index contributed by atoms with van der Waals surface area (Å²) in [5.74, 6) is 0.585. The van der Waals surface area contributed by atoms with Crippen LogP contribution in [-0.4, -0.2) is 37.2 Å². The number of hydrazone groups is 1. The van der Waals surface area contributed by atoms with Gasteiger partial charge in [-0.25, -0.2) is 8.42 Å². The molecule has 1 heterocycles. The lowest BCUT2D eigenvalue weighted by atomic mass is 9.89. The van der Waals surface area contributed by atoms with Crippen molar-refractivity contribution in [3.63, 3.8) is 0 Å². The van der Waals surface area contributed by atoms with Gasteiger partial charge < -0.3 is 10.5 Å².